The highest BCUT2D eigenvalue weighted by molar-refractivity contribution is 5.95. The summed E-state index contributed by atoms with van der Waals surface area (Å²) >= 11 is 0. The third-order valence-electron chi connectivity index (χ3n) is 6.34. The SMILES string of the molecule is COc1cc(C2CC(=O)Nc3c2c(C)nn3-c2nc(C)cc(C)n2)ccc1OCCc1ccccc1. The predicted octanol–water partition coefficient (Wildman–Crippen LogP) is 4.69. The first kappa shape index (κ1) is 23.5. The lowest BCUT2D eigenvalue weighted by Gasteiger charge is -2.25. The highest BCUT2D eigenvalue weighted by Crippen LogP contribution is 2.42. The van der Waals surface area contributed by atoms with Crippen molar-refractivity contribution >= 4 is 11.7 Å². The number of hydrogen-bond donors (Lipinski definition) is 1. The molecule has 5 rings (SSSR count). The van der Waals surface area contributed by atoms with Crippen molar-refractivity contribution in [2.75, 3.05) is 19.0 Å². The van der Waals surface area contributed by atoms with E-state index in [1.807, 2.05) is 63.2 Å². The molecule has 4 aromatic rings. The van der Waals surface area contributed by atoms with Gasteiger partial charge >= 0.3 is 0 Å². The fraction of sp³-hybridized carbons (Fsp3) is 0.286. The van der Waals surface area contributed by atoms with E-state index in [9.17, 15) is 4.79 Å². The Balaban J connectivity index is 1.45. The summed E-state index contributed by atoms with van der Waals surface area (Å²) in [6, 6.07) is 18.0. The van der Waals surface area contributed by atoms with Crippen molar-refractivity contribution < 1.29 is 14.3 Å². The minimum Gasteiger partial charge on any atom is -0.493 e. The van der Waals surface area contributed by atoms with Crippen LogP contribution in [0.25, 0.3) is 5.95 Å². The van der Waals surface area contributed by atoms with Gasteiger partial charge in [-0.15, -0.1) is 0 Å². The molecule has 0 bridgehead atoms. The van der Waals surface area contributed by atoms with Crippen molar-refractivity contribution in [2.24, 2.45) is 0 Å². The molecular formula is C28H29N5O3. The maximum atomic E-state index is 12.8. The largest absolute Gasteiger partial charge is 0.493 e. The molecule has 0 radical (unpaired) electrons. The van der Waals surface area contributed by atoms with Crippen molar-refractivity contribution in [2.45, 2.75) is 39.5 Å². The molecule has 1 atom stereocenters. The maximum absolute atomic E-state index is 12.8. The Morgan fingerprint density at radius 2 is 1.75 bits per heavy atom. The lowest BCUT2D eigenvalue weighted by molar-refractivity contribution is -0.116. The molecule has 184 valence electrons. The summed E-state index contributed by atoms with van der Waals surface area (Å²) < 4.78 is 13.3. The van der Waals surface area contributed by atoms with E-state index < -0.39 is 0 Å². The van der Waals surface area contributed by atoms with Crippen molar-refractivity contribution in [3.63, 3.8) is 0 Å². The number of carbonyl (C=O) groups is 1. The predicted molar refractivity (Wildman–Crippen MR) is 137 cm³/mol. The Labute approximate surface area is 210 Å². The number of carbonyl (C=O) groups excluding carboxylic acids is 1. The van der Waals surface area contributed by atoms with Crippen LogP contribution in [-0.4, -0.2) is 39.4 Å². The van der Waals surface area contributed by atoms with E-state index in [1.165, 1.54) is 5.56 Å². The fourth-order valence-electron chi connectivity index (χ4n) is 4.72. The first-order valence-electron chi connectivity index (χ1n) is 12.0. The van der Waals surface area contributed by atoms with Gasteiger partial charge in [0.25, 0.3) is 5.95 Å². The van der Waals surface area contributed by atoms with Gasteiger partial charge in [-0.3, -0.25) is 4.79 Å². The monoisotopic (exact) mass is 483 g/mol. The molecule has 0 fully saturated rings. The summed E-state index contributed by atoms with van der Waals surface area (Å²) in [5.74, 6) is 2.10. The van der Waals surface area contributed by atoms with Gasteiger partial charge in [0.1, 0.15) is 5.82 Å². The van der Waals surface area contributed by atoms with E-state index in [-0.39, 0.29) is 11.8 Å². The first-order chi connectivity index (χ1) is 17.4. The summed E-state index contributed by atoms with van der Waals surface area (Å²) in [5, 5.41) is 7.70. The zero-order valence-electron chi connectivity index (χ0n) is 20.9. The van der Waals surface area contributed by atoms with Crippen LogP contribution in [0.1, 0.15) is 46.1 Å². The molecule has 0 saturated heterocycles. The molecule has 8 nitrogen and oxygen atoms in total. The highest BCUT2D eigenvalue weighted by atomic mass is 16.5. The Kier molecular flexibility index (Phi) is 6.41. The van der Waals surface area contributed by atoms with Gasteiger partial charge in [0, 0.05) is 35.7 Å². The summed E-state index contributed by atoms with van der Waals surface area (Å²) in [4.78, 5) is 21.9. The van der Waals surface area contributed by atoms with E-state index in [0.717, 1.165) is 34.6 Å². The zero-order chi connectivity index (χ0) is 25.2. The number of rotatable bonds is 7. The average molecular weight is 484 g/mol. The van der Waals surface area contributed by atoms with Gasteiger partial charge in [-0.1, -0.05) is 36.4 Å². The molecule has 1 amide bonds. The van der Waals surface area contributed by atoms with Crippen LogP contribution in [0.5, 0.6) is 11.5 Å². The van der Waals surface area contributed by atoms with E-state index in [4.69, 9.17) is 14.6 Å². The minimum atomic E-state index is -0.180. The van der Waals surface area contributed by atoms with Gasteiger partial charge in [0.05, 0.1) is 19.4 Å². The first-order valence-corrected chi connectivity index (χ1v) is 12.0. The van der Waals surface area contributed by atoms with Crippen LogP contribution < -0.4 is 14.8 Å². The number of hydrogen-bond acceptors (Lipinski definition) is 6. The molecule has 0 spiro atoms. The molecule has 8 heteroatoms. The van der Waals surface area contributed by atoms with Crippen molar-refractivity contribution in [3.05, 3.63) is 88.4 Å². The maximum Gasteiger partial charge on any atom is 0.252 e. The van der Waals surface area contributed by atoms with Crippen LogP contribution in [0, 0.1) is 20.8 Å². The Hall–Kier alpha value is -4.20. The highest BCUT2D eigenvalue weighted by Gasteiger charge is 2.33. The number of fused-ring (bicyclic) bond motifs is 1. The van der Waals surface area contributed by atoms with E-state index in [2.05, 4.69) is 27.4 Å². The Morgan fingerprint density at radius 1 is 1.00 bits per heavy atom. The number of aryl methyl sites for hydroxylation is 3. The number of nitrogens with zero attached hydrogens (tertiary/aromatic N) is 4. The number of aromatic nitrogens is 4. The third-order valence-corrected chi connectivity index (χ3v) is 6.34. The normalized spacial score (nSPS) is 14.8. The van der Waals surface area contributed by atoms with Gasteiger partial charge < -0.3 is 14.8 Å². The second-order valence-electron chi connectivity index (χ2n) is 9.01. The van der Waals surface area contributed by atoms with Gasteiger partial charge in [-0.25, -0.2) is 9.97 Å². The summed E-state index contributed by atoms with van der Waals surface area (Å²) in [6.45, 7) is 6.31. The molecule has 2 aromatic carbocycles. The molecule has 3 heterocycles. The zero-order valence-corrected chi connectivity index (χ0v) is 20.9. The number of methoxy groups -OCH3 is 1. The summed E-state index contributed by atoms with van der Waals surface area (Å²) in [7, 11) is 1.63. The van der Waals surface area contributed by atoms with Crippen molar-refractivity contribution in [1.29, 1.82) is 0 Å². The molecule has 36 heavy (non-hydrogen) atoms. The van der Waals surface area contributed by atoms with E-state index in [0.29, 0.717) is 36.3 Å². The molecule has 1 N–H and O–H groups in total. The molecule has 2 aromatic heterocycles. The Bertz CT molecular complexity index is 1390. The molecule has 0 aliphatic carbocycles. The standard InChI is InChI=1S/C28H29N5O3/c1-17-14-18(2)30-28(29-17)33-27-26(19(3)32-33)22(16-25(34)31-27)21-10-11-23(24(15-21)35-4)36-13-12-20-8-6-5-7-9-20/h5-11,14-15,22H,12-13,16H2,1-4H3,(H,31,34). The second kappa shape index (κ2) is 9.81. The van der Waals surface area contributed by atoms with Crippen LogP contribution in [0.3, 0.4) is 0 Å². The molecule has 1 aliphatic rings. The average Bonchev–Trinajstić information content (AvgIpc) is 3.20. The van der Waals surface area contributed by atoms with E-state index in [1.54, 1.807) is 11.8 Å². The lowest BCUT2D eigenvalue weighted by atomic mass is 9.85. The summed E-state index contributed by atoms with van der Waals surface area (Å²) in [5.41, 5.74) is 5.63. The van der Waals surface area contributed by atoms with Crippen molar-refractivity contribution in [1.82, 2.24) is 19.7 Å². The van der Waals surface area contributed by atoms with Gasteiger partial charge in [-0.05, 0) is 50.1 Å². The lowest BCUT2D eigenvalue weighted by Crippen LogP contribution is -2.25. The van der Waals surface area contributed by atoms with Crippen LogP contribution in [-0.2, 0) is 11.2 Å². The smallest absolute Gasteiger partial charge is 0.252 e. The topological polar surface area (TPSA) is 91.2 Å². The quantitative estimate of drug-likeness (QED) is 0.410. The fourth-order valence-corrected chi connectivity index (χ4v) is 4.72. The van der Waals surface area contributed by atoms with Crippen LogP contribution >= 0.6 is 0 Å². The molecule has 1 unspecified atom stereocenters. The summed E-state index contributed by atoms with van der Waals surface area (Å²) in [6.07, 6.45) is 1.11. The van der Waals surface area contributed by atoms with Crippen molar-refractivity contribution in [3.8, 4) is 17.4 Å². The number of nitrogens with one attached hydrogen (secondary N) is 1. The third kappa shape index (κ3) is 4.66. The molecule has 1 aliphatic heterocycles. The number of ether oxygens (including phenoxy) is 2. The number of amides is 1. The van der Waals surface area contributed by atoms with Crippen LogP contribution in [0.2, 0.25) is 0 Å². The Morgan fingerprint density at radius 3 is 2.47 bits per heavy atom. The number of anilines is 1. The van der Waals surface area contributed by atoms with Gasteiger partial charge in [-0.2, -0.15) is 9.78 Å². The van der Waals surface area contributed by atoms with E-state index >= 15 is 0 Å². The molecular weight excluding hydrogens is 454 g/mol. The van der Waals surface area contributed by atoms with Crippen LogP contribution in [0.15, 0.2) is 54.6 Å². The van der Waals surface area contributed by atoms with Crippen LogP contribution in [0.4, 0.5) is 5.82 Å². The molecule has 0 saturated carbocycles. The van der Waals surface area contributed by atoms with Gasteiger partial charge in [0.2, 0.25) is 5.91 Å². The minimum absolute atomic E-state index is 0.0832. The van der Waals surface area contributed by atoms with Gasteiger partial charge in [0.15, 0.2) is 11.5 Å². The second-order valence-corrected chi connectivity index (χ2v) is 9.01. The number of benzene rings is 2.